The minimum atomic E-state index is 0. The molecule has 8 aromatic carbocycles. The third kappa shape index (κ3) is 14.2. The lowest BCUT2D eigenvalue weighted by Crippen LogP contribution is -2.16. The highest BCUT2D eigenvalue weighted by atomic mass is 79.9. The largest absolute Gasteiger partial charge is 0.337 e. The summed E-state index contributed by atoms with van der Waals surface area (Å²) in [6.07, 6.45) is 0. The minimum absolute atomic E-state index is 0. The van der Waals surface area contributed by atoms with E-state index >= 15 is 0 Å². The molecule has 0 saturated carbocycles. The van der Waals surface area contributed by atoms with Gasteiger partial charge >= 0.3 is 0 Å². The van der Waals surface area contributed by atoms with Gasteiger partial charge in [-0.25, -0.2) is 0 Å². The van der Waals surface area contributed by atoms with Crippen molar-refractivity contribution < 1.29 is 0 Å². The van der Waals surface area contributed by atoms with Crippen LogP contribution in [-0.2, 0) is 13.1 Å². The van der Waals surface area contributed by atoms with Gasteiger partial charge in [0.25, 0.3) is 0 Å². The molecule has 8 aromatic rings. The van der Waals surface area contributed by atoms with Gasteiger partial charge in [0.05, 0.1) is 0 Å². The highest BCUT2D eigenvalue weighted by molar-refractivity contribution is 9.10. The molecular formula is C54H59BrN2. The first-order valence-corrected chi connectivity index (χ1v) is 18.6. The van der Waals surface area contributed by atoms with E-state index < -0.39 is 0 Å². The maximum Gasteiger partial charge on any atom is 0.0481 e. The lowest BCUT2D eigenvalue weighted by Gasteiger charge is -2.26. The van der Waals surface area contributed by atoms with E-state index in [9.17, 15) is 0 Å². The molecule has 3 heteroatoms. The number of nitrogens with zero attached hydrogens (tertiary/aromatic N) is 1. The molecule has 0 amide bonds. The summed E-state index contributed by atoms with van der Waals surface area (Å²) >= 11 is 3.42. The fourth-order valence-corrected chi connectivity index (χ4v) is 6.18. The fourth-order valence-electron chi connectivity index (χ4n) is 5.91. The highest BCUT2D eigenvalue weighted by Crippen LogP contribution is 2.32. The van der Waals surface area contributed by atoms with Gasteiger partial charge < -0.3 is 10.6 Å². The molecule has 0 bridgehead atoms. The average molecular weight is 816 g/mol. The molecule has 2 N–H and O–H groups in total. The molecule has 57 heavy (non-hydrogen) atoms. The summed E-state index contributed by atoms with van der Waals surface area (Å²) in [6.45, 7) is 1.46. The fraction of sp³-hybridized carbons (Fsp3) is 0.111. The summed E-state index contributed by atoms with van der Waals surface area (Å²) in [6, 6.07) is 78.1. The normalized spacial score (nSPS) is 9.51. The molecule has 0 unspecified atom stereocenters. The van der Waals surface area contributed by atoms with E-state index in [-0.39, 0.29) is 29.7 Å². The first kappa shape index (κ1) is 47.2. The molecule has 0 aliphatic rings. The van der Waals surface area contributed by atoms with Crippen LogP contribution >= 0.6 is 15.9 Å². The Morgan fingerprint density at radius 3 is 0.877 bits per heavy atom. The van der Waals surface area contributed by atoms with Crippen LogP contribution < -0.4 is 10.6 Å². The predicted molar refractivity (Wildman–Crippen MR) is 257 cm³/mol. The summed E-state index contributed by atoms with van der Waals surface area (Å²) in [5, 5.41) is 0. The molecule has 0 aliphatic carbocycles. The number of hydrogen-bond donors (Lipinski definition) is 1. The molecule has 0 aliphatic heterocycles. The van der Waals surface area contributed by atoms with Gasteiger partial charge in [-0.2, -0.15) is 0 Å². The molecule has 0 fully saturated rings. The zero-order chi connectivity index (χ0) is 36.5. The maximum atomic E-state index is 5.35. The molecule has 0 heterocycles. The Morgan fingerprint density at radius 1 is 0.316 bits per heavy atom. The third-order valence-electron chi connectivity index (χ3n) is 8.79. The van der Waals surface area contributed by atoms with E-state index in [0.717, 1.165) is 11.0 Å². The van der Waals surface area contributed by atoms with Gasteiger partial charge in [-0.15, -0.1) is 0 Å². The van der Waals surface area contributed by atoms with Crippen molar-refractivity contribution in [3.05, 3.63) is 240 Å². The smallest absolute Gasteiger partial charge is 0.0481 e. The number of hydrogen-bond acceptors (Lipinski definition) is 2. The second-order valence-electron chi connectivity index (χ2n) is 12.5. The Hall–Kier alpha value is -6.00. The van der Waals surface area contributed by atoms with Gasteiger partial charge in [0.2, 0.25) is 0 Å². The van der Waals surface area contributed by atoms with Gasteiger partial charge in [0.1, 0.15) is 0 Å². The Morgan fingerprint density at radius 2 is 0.579 bits per heavy atom. The molecule has 2 nitrogen and oxygen atoms in total. The number of benzene rings is 8. The van der Waals surface area contributed by atoms with Crippen LogP contribution in [0.1, 0.15) is 40.8 Å². The summed E-state index contributed by atoms with van der Waals surface area (Å²) < 4.78 is 1.12. The van der Waals surface area contributed by atoms with Crippen molar-refractivity contribution in [2.45, 2.75) is 42.8 Å². The summed E-state index contributed by atoms with van der Waals surface area (Å²) in [4.78, 5) is 2.37. The van der Waals surface area contributed by atoms with Crippen LogP contribution in [0.25, 0.3) is 33.4 Å². The standard InChI is InChI=1S/C31H25N.C12H9Br.C7H9N.4CH4/c1-4-10-25(11-5-1)24-32(30-20-16-28(17-21-30)26-12-6-2-7-13-26)31-22-18-29(19-23-31)27-14-8-3-9-15-27;13-12-8-6-11(7-9-12)10-4-2-1-3-5-10;8-6-7-4-2-1-3-5-7;;;;/h1-23H,24H2;1-9H;1-5H,6,8H2;4*1H4. The van der Waals surface area contributed by atoms with Crippen molar-refractivity contribution in [3.8, 4) is 33.4 Å². The van der Waals surface area contributed by atoms with Crippen LogP contribution in [0.15, 0.2) is 229 Å². The highest BCUT2D eigenvalue weighted by Gasteiger charge is 2.11. The van der Waals surface area contributed by atoms with Gasteiger partial charge in [0.15, 0.2) is 0 Å². The summed E-state index contributed by atoms with van der Waals surface area (Å²) in [7, 11) is 0. The van der Waals surface area contributed by atoms with Crippen molar-refractivity contribution in [2.75, 3.05) is 4.90 Å². The van der Waals surface area contributed by atoms with Gasteiger partial charge in [0, 0.05) is 28.9 Å². The van der Waals surface area contributed by atoms with Crippen molar-refractivity contribution in [3.63, 3.8) is 0 Å². The van der Waals surface area contributed by atoms with Crippen molar-refractivity contribution in [1.82, 2.24) is 0 Å². The van der Waals surface area contributed by atoms with Crippen LogP contribution in [0.5, 0.6) is 0 Å². The van der Waals surface area contributed by atoms with E-state index in [4.69, 9.17) is 5.73 Å². The van der Waals surface area contributed by atoms with Crippen LogP contribution in [0.3, 0.4) is 0 Å². The van der Waals surface area contributed by atoms with Crippen molar-refractivity contribution >= 4 is 27.3 Å². The minimum Gasteiger partial charge on any atom is -0.337 e. The van der Waals surface area contributed by atoms with Crippen LogP contribution in [0, 0.1) is 0 Å². The quantitative estimate of drug-likeness (QED) is 0.166. The molecule has 0 spiro atoms. The monoisotopic (exact) mass is 814 g/mol. The molecule has 0 saturated heterocycles. The van der Waals surface area contributed by atoms with E-state index in [1.165, 1.54) is 55.9 Å². The van der Waals surface area contributed by atoms with Crippen LogP contribution in [-0.4, -0.2) is 0 Å². The van der Waals surface area contributed by atoms with Crippen molar-refractivity contribution in [1.29, 1.82) is 0 Å². The second-order valence-corrected chi connectivity index (χ2v) is 13.4. The SMILES string of the molecule is Brc1ccc(-c2ccccc2)cc1.C.C.C.C.NCc1ccccc1.c1ccc(CN(c2ccc(-c3ccccc3)cc2)c2ccc(-c3ccccc3)cc2)cc1. The van der Waals surface area contributed by atoms with E-state index in [0.29, 0.717) is 6.54 Å². The van der Waals surface area contributed by atoms with E-state index in [1.807, 2.05) is 36.4 Å². The molecule has 0 aromatic heterocycles. The zero-order valence-corrected chi connectivity index (χ0v) is 31.3. The van der Waals surface area contributed by atoms with E-state index in [1.54, 1.807) is 0 Å². The average Bonchev–Trinajstić information content (AvgIpc) is 3.25. The van der Waals surface area contributed by atoms with Crippen LogP contribution in [0.4, 0.5) is 11.4 Å². The maximum absolute atomic E-state index is 5.35. The second kappa shape index (κ2) is 25.2. The van der Waals surface area contributed by atoms with Crippen LogP contribution in [0.2, 0.25) is 0 Å². The van der Waals surface area contributed by atoms with Gasteiger partial charge in [-0.05, 0) is 80.9 Å². The predicted octanol–water partition coefficient (Wildman–Crippen LogP) is 16.2. The number of anilines is 2. The Bertz CT molecular complexity index is 2110. The topological polar surface area (TPSA) is 29.3 Å². The molecule has 0 radical (unpaired) electrons. The zero-order valence-electron chi connectivity index (χ0n) is 29.7. The first-order valence-electron chi connectivity index (χ1n) is 17.8. The summed E-state index contributed by atoms with van der Waals surface area (Å²) in [5.74, 6) is 0. The molecule has 0 atom stereocenters. The lowest BCUT2D eigenvalue weighted by molar-refractivity contribution is 0.976. The first-order chi connectivity index (χ1) is 26.2. The Kier molecular flexibility index (Phi) is 20.9. The van der Waals surface area contributed by atoms with Gasteiger partial charge in [-0.1, -0.05) is 234 Å². The number of halogens is 1. The molecule has 8 rings (SSSR count). The lowest BCUT2D eigenvalue weighted by atomic mass is 10.0. The summed E-state index contributed by atoms with van der Waals surface area (Å²) in [5.41, 5.74) is 17.6. The van der Waals surface area contributed by atoms with Crippen molar-refractivity contribution in [2.24, 2.45) is 5.73 Å². The Balaban J connectivity index is 0.000000371. The van der Waals surface area contributed by atoms with E-state index in [2.05, 4.69) is 209 Å². The van der Waals surface area contributed by atoms with Gasteiger partial charge in [-0.3, -0.25) is 0 Å². The number of rotatable bonds is 8. The molecule has 292 valence electrons. The number of nitrogens with two attached hydrogens (primary N) is 1. The molecular weight excluding hydrogens is 757 g/mol. The Labute approximate surface area is 352 Å². The third-order valence-corrected chi connectivity index (χ3v) is 9.31.